The molecule has 3 heteroatoms. The predicted octanol–water partition coefficient (Wildman–Crippen LogP) is 6.14. The fraction of sp³-hybridized carbons (Fsp3) is 0.478. The third-order valence-corrected chi connectivity index (χ3v) is 4.39. The van der Waals surface area contributed by atoms with Crippen molar-refractivity contribution in [2.24, 2.45) is 0 Å². The van der Waals surface area contributed by atoms with Gasteiger partial charge in [-0.3, -0.25) is 0 Å². The van der Waals surface area contributed by atoms with Crippen molar-refractivity contribution in [1.29, 1.82) is 0 Å². The first-order valence-electron chi connectivity index (χ1n) is 9.86. The molecule has 2 aromatic carbocycles. The van der Waals surface area contributed by atoms with Crippen LogP contribution in [0, 0.1) is 13.8 Å². The summed E-state index contributed by atoms with van der Waals surface area (Å²) in [5, 5.41) is 3.38. The number of unbranched alkanes of at least 4 members (excludes halogenated alkanes) is 4. The maximum atomic E-state index is 5.84. The Hall–Kier alpha value is -2.16. The lowest BCUT2D eigenvalue weighted by atomic mass is 10.1. The van der Waals surface area contributed by atoms with E-state index in [1.54, 1.807) is 0 Å². The van der Waals surface area contributed by atoms with Crippen LogP contribution in [0.2, 0.25) is 0 Å². The molecule has 0 heterocycles. The average molecular weight is 356 g/mol. The molecule has 0 aliphatic rings. The summed E-state index contributed by atoms with van der Waals surface area (Å²) in [4.78, 5) is 0. The zero-order chi connectivity index (χ0) is 18.6. The molecule has 142 valence electrons. The van der Waals surface area contributed by atoms with E-state index in [4.69, 9.17) is 9.47 Å². The molecule has 1 N–H and O–H groups in total. The van der Waals surface area contributed by atoms with Gasteiger partial charge in [-0.15, -0.1) is 0 Å². The molecular weight excluding hydrogens is 322 g/mol. The van der Waals surface area contributed by atoms with Crippen molar-refractivity contribution in [1.82, 2.24) is 0 Å². The third kappa shape index (κ3) is 7.38. The summed E-state index contributed by atoms with van der Waals surface area (Å²) in [6.45, 7) is 8.63. The molecular formula is C23H33NO2. The average Bonchev–Trinajstić information content (AvgIpc) is 2.64. The second kappa shape index (κ2) is 11.5. The lowest BCUT2D eigenvalue weighted by Crippen LogP contribution is -2.11. The molecule has 3 nitrogen and oxygen atoms in total. The van der Waals surface area contributed by atoms with Gasteiger partial charge in [0.1, 0.15) is 18.1 Å². The van der Waals surface area contributed by atoms with Gasteiger partial charge in [0, 0.05) is 12.2 Å². The van der Waals surface area contributed by atoms with Crippen molar-refractivity contribution in [3.63, 3.8) is 0 Å². The number of rotatable bonds is 12. The Morgan fingerprint density at radius 2 is 1.58 bits per heavy atom. The Morgan fingerprint density at radius 1 is 0.808 bits per heavy atom. The summed E-state index contributed by atoms with van der Waals surface area (Å²) in [7, 11) is 0. The van der Waals surface area contributed by atoms with E-state index in [-0.39, 0.29) is 0 Å². The molecule has 0 saturated carbocycles. The van der Waals surface area contributed by atoms with Crippen molar-refractivity contribution < 1.29 is 9.47 Å². The van der Waals surface area contributed by atoms with Gasteiger partial charge in [-0.05, 0) is 56.2 Å². The fourth-order valence-corrected chi connectivity index (χ4v) is 2.88. The molecule has 0 saturated heterocycles. The number of benzene rings is 2. The van der Waals surface area contributed by atoms with Crippen LogP contribution in [-0.2, 0) is 0 Å². The highest BCUT2D eigenvalue weighted by Gasteiger charge is 2.00. The summed E-state index contributed by atoms with van der Waals surface area (Å²) in [5.41, 5.74) is 3.53. The highest BCUT2D eigenvalue weighted by molar-refractivity contribution is 5.46. The summed E-state index contributed by atoms with van der Waals surface area (Å²) < 4.78 is 11.6. The monoisotopic (exact) mass is 355 g/mol. The SMILES string of the molecule is CCCCCCCOc1ccc(NCCOc2ccc(C)cc2C)cc1. The molecule has 0 aliphatic carbocycles. The molecule has 0 aliphatic heterocycles. The molecule has 2 aromatic rings. The second-order valence-electron chi connectivity index (χ2n) is 6.83. The Kier molecular flexibility index (Phi) is 8.88. The van der Waals surface area contributed by atoms with Crippen LogP contribution in [0.1, 0.15) is 50.2 Å². The maximum Gasteiger partial charge on any atom is 0.122 e. The molecule has 0 unspecified atom stereocenters. The standard InChI is InChI=1S/C23H33NO2/c1-4-5-6-7-8-16-25-22-12-10-21(11-13-22)24-15-17-26-23-14-9-19(2)18-20(23)3/h9-14,18,24H,4-8,15-17H2,1-3H3. The van der Waals surface area contributed by atoms with Crippen molar-refractivity contribution >= 4 is 5.69 Å². The predicted molar refractivity (Wildman–Crippen MR) is 111 cm³/mol. The molecule has 0 fully saturated rings. The van der Waals surface area contributed by atoms with E-state index in [2.05, 4.69) is 50.4 Å². The van der Waals surface area contributed by atoms with Gasteiger partial charge in [-0.2, -0.15) is 0 Å². The van der Waals surface area contributed by atoms with E-state index in [1.165, 1.54) is 36.8 Å². The minimum atomic E-state index is 0.639. The van der Waals surface area contributed by atoms with Crippen LogP contribution in [0.25, 0.3) is 0 Å². The van der Waals surface area contributed by atoms with E-state index in [0.29, 0.717) is 6.61 Å². The van der Waals surface area contributed by atoms with E-state index >= 15 is 0 Å². The fourth-order valence-electron chi connectivity index (χ4n) is 2.88. The van der Waals surface area contributed by atoms with Gasteiger partial charge in [0.05, 0.1) is 6.61 Å². The highest BCUT2D eigenvalue weighted by atomic mass is 16.5. The third-order valence-electron chi connectivity index (χ3n) is 4.39. The molecule has 0 atom stereocenters. The molecule has 0 amide bonds. The normalized spacial score (nSPS) is 10.6. The Labute approximate surface area is 158 Å². The zero-order valence-electron chi connectivity index (χ0n) is 16.5. The van der Waals surface area contributed by atoms with Crippen LogP contribution >= 0.6 is 0 Å². The van der Waals surface area contributed by atoms with Gasteiger partial charge in [-0.25, -0.2) is 0 Å². The van der Waals surface area contributed by atoms with Gasteiger partial charge >= 0.3 is 0 Å². The van der Waals surface area contributed by atoms with Crippen LogP contribution in [0.3, 0.4) is 0 Å². The van der Waals surface area contributed by atoms with E-state index in [1.807, 2.05) is 18.2 Å². The Balaban J connectivity index is 1.62. The summed E-state index contributed by atoms with van der Waals surface area (Å²) in [5.74, 6) is 1.90. The molecule has 0 aromatic heterocycles. The summed E-state index contributed by atoms with van der Waals surface area (Å²) >= 11 is 0. The second-order valence-corrected chi connectivity index (χ2v) is 6.83. The quantitative estimate of drug-likeness (QED) is 0.464. The first-order chi connectivity index (χ1) is 12.7. The largest absolute Gasteiger partial charge is 0.494 e. The number of hydrogen-bond acceptors (Lipinski definition) is 3. The van der Waals surface area contributed by atoms with Crippen LogP contribution < -0.4 is 14.8 Å². The minimum Gasteiger partial charge on any atom is -0.494 e. The van der Waals surface area contributed by atoms with Gasteiger partial charge in [0.25, 0.3) is 0 Å². The zero-order valence-corrected chi connectivity index (χ0v) is 16.5. The van der Waals surface area contributed by atoms with Crippen LogP contribution in [0.15, 0.2) is 42.5 Å². The first-order valence-corrected chi connectivity index (χ1v) is 9.86. The van der Waals surface area contributed by atoms with Gasteiger partial charge in [0.15, 0.2) is 0 Å². The number of hydrogen-bond donors (Lipinski definition) is 1. The molecule has 0 spiro atoms. The van der Waals surface area contributed by atoms with Gasteiger partial charge in [0.2, 0.25) is 0 Å². The maximum absolute atomic E-state index is 5.84. The van der Waals surface area contributed by atoms with Crippen molar-refractivity contribution in [3.05, 3.63) is 53.6 Å². The Morgan fingerprint density at radius 3 is 2.31 bits per heavy atom. The van der Waals surface area contributed by atoms with Crippen LogP contribution in [0.4, 0.5) is 5.69 Å². The van der Waals surface area contributed by atoms with E-state index in [0.717, 1.165) is 36.8 Å². The highest BCUT2D eigenvalue weighted by Crippen LogP contribution is 2.19. The summed E-state index contributed by atoms with van der Waals surface area (Å²) in [6, 6.07) is 14.4. The Bertz CT molecular complexity index is 637. The molecule has 0 radical (unpaired) electrons. The number of anilines is 1. The van der Waals surface area contributed by atoms with Crippen molar-refractivity contribution in [2.75, 3.05) is 25.1 Å². The molecule has 2 rings (SSSR count). The van der Waals surface area contributed by atoms with Crippen LogP contribution in [0.5, 0.6) is 11.5 Å². The van der Waals surface area contributed by atoms with Crippen LogP contribution in [-0.4, -0.2) is 19.8 Å². The topological polar surface area (TPSA) is 30.5 Å². The summed E-state index contributed by atoms with van der Waals surface area (Å²) in [6.07, 6.45) is 6.31. The lowest BCUT2D eigenvalue weighted by molar-refractivity contribution is 0.304. The van der Waals surface area contributed by atoms with E-state index < -0.39 is 0 Å². The first kappa shape index (κ1) is 20.2. The lowest BCUT2D eigenvalue weighted by Gasteiger charge is -2.12. The van der Waals surface area contributed by atoms with Gasteiger partial charge in [-0.1, -0.05) is 50.3 Å². The van der Waals surface area contributed by atoms with E-state index in [9.17, 15) is 0 Å². The number of nitrogens with one attached hydrogen (secondary N) is 1. The van der Waals surface area contributed by atoms with Crippen molar-refractivity contribution in [3.8, 4) is 11.5 Å². The van der Waals surface area contributed by atoms with Gasteiger partial charge < -0.3 is 14.8 Å². The molecule has 26 heavy (non-hydrogen) atoms. The number of aryl methyl sites for hydroxylation is 2. The minimum absolute atomic E-state index is 0.639. The van der Waals surface area contributed by atoms with Crippen molar-refractivity contribution in [2.45, 2.75) is 52.9 Å². The molecule has 0 bridgehead atoms. The smallest absolute Gasteiger partial charge is 0.122 e. The number of ether oxygens (including phenoxy) is 2.